The molecule has 0 bridgehead atoms. The lowest BCUT2D eigenvalue weighted by Crippen LogP contribution is -2.42. The van der Waals surface area contributed by atoms with E-state index in [1.54, 1.807) is 0 Å². The zero-order valence-corrected chi connectivity index (χ0v) is 15.8. The molecule has 138 valence electrons. The Labute approximate surface area is 159 Å². The first-order valence-corrected chi connectivity index (χ1v) is 9.51. The van der Waals surface area contributed by atoms with Crippen molar-refractivity contribution >= 4 is 17.3 Å². The monoisotopic (exact) mass is 374 g/mol. The Kier molecular flexibility index (Phi) is 4.91. The molecular formula is C21H24ClFN2O. The molecule has 0 saturated carbocycles. The molecule has 0 aliphatic carbocycles. The normalized spacial score (nSPS) is 27.6. The number of nitrogens with one attached hydrogen (secondary N) is 1. The van der Waals surface area contributed by atoms with E-state index < -0.39 is 0 Å². The summed E-state index contributed by atoms with van der Waals surface area (Å²) < 4.78 is 21.2. The minimum absolute atomic E-state index is 0.0321. The maximum atomic E-state index is 14.7. The van der Waals surface area contributed by atoms with Crippen LogP contribution in [0.25, 0.3) is 0 Å². The topological polar surface area (TPSA) is 24.5 Å². The Balaban J connectivity index is 1.74. The molecule has 0 radical (unpaired) electrons. The van der Waals surface area contributed by atoms with Crippen LogP contribution >= 0.6 is 11.6 Å². The first-order valence-electron chi connectivity index (χ1n) is 9.13. The van der Waals surface area contributed by atoms with Crippen molar-refractivity contribution in [3.05, 3.63) is 64.4 Å². The van der Waals surface area contributed by atoms with E-state index in [2.05, 4.69) is 36.4 Å². The van der Waals surface area contributed by atoms with Crippen LogP contribution in [0.3, 0.4) is 0 Å². The molecule has 0 spiro atoms. The highest BCUT2D eigenvalue weighted by Crippen LogP contribution is 2.51. The SMILES string of the molecule is CN(C)C[C@H]1CC[C@@H]2[C@H](O1)c1cc(Cl)cc(F)c1N[C@H]2c1ccccc1. The van der Waals surface area contributed by atoms with Crippen LogP contribution < -0.4 is 5.32 Å². The summed E-state index contributed by atoms with van der Waals surface area (Å²) in [6.45, 7) is 0.866. The third-order valence-corrected chi connectivity index (χ3v) is 5.62. The summed E-state index contributed by atoms with van der Waals surface area (Å²) >= 11 is 6.16. The van der Waals surface area contributed by atoms with Crippen LogP contribution in [0, 0.1) is 11.7 Å². The number of benzene rings is 2. The van der Waals surface area contributed by atoms with E-state index in [9.17, 15) is 4.39 Å². The number of nitrogens with zero attached hydrogens (tertiary/aromatic N) is 1. The van der Waals surface area contributed by atoms with Gasteiger partial charge in [0, 0.05) is 23.0 Å². The van der Waals surface area contributed by atoms with Gasteiger partial charge in [-0.15, -0.1) is 0 Å². The van der Waals surface area contributed by atoms with Crippen molar-refractivity contribution in [1.29, 1.82) is 0 Å². The summed E-state index contributed by atoms with van der Waals surface area (Å²) in [7, 11) is 4.10. The van der Waals surface area contributed by atoms with E-state index >= 15 is 0 Å². The third-order valence-electron chi connectivity index (χ3n) is 5.40. The first kappa shape index (κ1) is 17.8. The zero-order chi connectivity index (χ0) is 18.3. The van der Waals surface area contributed by atoms with Crippen molar-refractivity contribution in [1.82, 2.24) is 4.90 Å². The van der Waals surface area contributed by atoms with Gasteiger partial charge >= 0.3 is 0 Å². The lowest BCUT2D eigenvalue weighted by Gasteiger charge is -2.46. The summed E-state index contributed by atoms with van der Waals surface area (Å²) in [6.07, 6.45) is 2.03. The van der Waals surface area contributed by atoms with Gasteiger partial charge in [0.15, 0.2) is 0 Å². The molecule has 0 unspecified atom stereocenters. The Morgan fingerprint density at radius 1 is 1.19 bits per heavy atom. The van der Waals surface area contributed by atoms with Gasteiger partial charge in [0.1, 0.15) is 5.82 Å². The smallest absolute Gasteiger partial charge is 0.148 e. The second-order valence-electron chi connectivity index (χ2n) is 7.57. The lowest BCUT2D eigenvalue weighted by atomic mass is 9.76. The Morgan fingerprint density at radius 3 is 2.69 bits per heavy atom. The van der Waals surface area contributed by atoms with Gasteiger partial charge < -0.3 is 15.0 Å². The van der Waals surface area contributed by atoms with Crippen molar-refractivity contribution < 1.29 is 9.13 Å². The fraction of sp³-hybridized carbons (Fsp3) is 0.429. The number of fused-ring (bicyclic) bond motifs is 3. The largest absolute Gasteiger partial charge is 0.375 e. The van der Waals surface area contributed by atoms with E-state index in [-0.39, 0.29) is 30.0 Å². The van der Waals surface area contributed by atoms with E-state index in [0.717, 1.165) is 30.5 Å². The molecular weight excluding hydrogens is 351 g/mol. The number of likely N-dealkylation sites (N-methyl/N-ethyl adjacent to an activating group) is 1. The number of rotatable bonds is 3. The van der Waals surface area contributed by atoms with Crippen molar-refractivity contribution in [3.63, 3.8) is 0 Å². The van der Waals surface area contributed by atoms with Gasteiger partial charge in [0.2, 0.25) is 0 Å². The van der Waals surface area contributed by atoms with Crippen LogP contribution in [0.5, 0.6) is 0 Å². The third kappa shape index (κ3) is 3.34. The second kappa shape index (κ2) is 7.18. The maximum absolute atomic E-state index is 14.7. The zero-order valence-electron chi connectivity index (χ0n) is 15.1. The predicted octanol–water partition coefficient (Wildman–Crippen LogP) is 5.04. The summed E-state index contributed by atoms with van der Waals surface area (Å²) in [5, 5.41) is 3.85. The Morgan fingerprint density at radius 2 is 1.96 bits per heavy atom. The standard InChI is InChI=1S/C21H24ClFN2O/c1-25(2)12-15-8-9-16-19(13-6-4-3-5-7-13)24-20-17(21(16)26-15)10-14(22)11-18(20)23/h3-7,10-11,15-16,19,21,24H,8-9,12H2,1-2H3/t15-,16+,19+,21+/m1/s1. The number of ether oxygens (including phenoxy) is 1. The highest BCUT2D eigenvalue weighted by atomic mass is 35.5. The molecule has 2 aromatic rings. The minimum atomic E-state index is -0.315. The second-order valence-corrected chi connectivity index (χ2v) is 8.00. The Bertz CT molecular complexity index is 783. The van der Waals surface area contributed by atoms with Crippen molar-refractivity contribution in [3.8, 4) is 0 Å². The van der Waals surface area contributed by atoms with Gasteiger partial charge in [0.05, 0.1) is 23.9 Å². The van der Waals surface area contributed by atoms with E-state index in [1.807, 2.05) is 24.3 Å². The molecule has 26 heavy (non-hydrogen) atoms. The molecule has 0 aromatic heterocycles. The maximum Gasteiger partial charge on any atom is 0.148 e. The van der Waals surface area contributed by atoms with Crippen LogP contribution in [-0.2, 0) is 4.74 Å². The molecule has 0 amide bonds. The van der Waals surface area contributed by atoms with Gasteiger partial charge in [-0.3, -0.25) is 0 Å². The highest BCUT2D eigenvalue weighted by Gasteiger charge is 2.43. The van der Waals surface area contributed by atoms with Gasteiger partial charge in [-0.2, -0.15) is 0 Å². The van der Waals surface area contributed by atoms with Gasteiger partial charge in [0.25, 0.3) is 0 Å². The van der Waals surface area contributed by atoms with E-state index in [1.165, 1.54) is 6.07 Å². The number of hydrogen-bond acceptors (Lipinski definition) is 3. The lowest BCUT2D eigenvalue weighted by molar-refractivity contribution is -0.0994. The molecule has 2 heterocycles. The average molecular weight is 375 g/mol. The van der Waals surface area contributed by atoms with Crippen LogP contribution in [0.15, 0.2) is 42.5 Å². The van der Waals surface area contributed by atoms with Crippen LogP contribution in [-0.4, -0.2) is 31.6 Å². The van der Waals surface area contributed by atoms with Crippen LogP contribution in [0.1, 0.15) is 36.1 Å². The average Bonchev–Trinajstić information content (AvgIpc) is 2.61. The highest BCUT2D eigenvalue weighted by molar-refractivity contribution is 6.30. The summed E-state index contributed by atoms with van der Waals surface area (Å²) in [5.41, 5.74) is 2.53. The minimum Gasteiger partial charge on any atom is -0.375 e. The molecule has 2 aliphatic heterocycles. The molecule has 3 nitrogen and oxygen atoms in total. The van der Waals surface area contributed by atoms with Gasteiger partial charge in [-0.1, -0.05) is 41.9 Å². The quantitative estimate of drug-likeness (QED) is 0.814. The summed E-state index contributed by atoms with van der Waals surface area (Å²) in [6, 6.07) is 13.5. The van der Waals surface area contributed by atoms with Crippen LogP contribution in [0.2, 0.25) is 5.02 Å². The molecule has 5 heteroatoms. The molecule has 4 atom stereocenters. The van der Waals surface area contributed by atoms with Crippen molar-refractivity contribution in [2.75, 3.05) is 26.0 Å². The van der Waals surface area contributed by atoms with Gasteiger partial charge in [-0.25, -0.2) is 4.39 Å². The molecule has 2 aromatic carbocycles. The molecule has 1 N–H and O–H groups in total. The van der Waals surface area contributed by atoms with Crippen molar-refractivity contribution in [2.24, 2.45) is 5.92 Å². The molecule has 2 aliphatic rings. The summed E-state index contributed by atoms with van der Waals surface area (Å²) in [4.78, 5) is 2.14. The molecule has 1 saturated heterocycles. The number of anilines is 1. The van der Waals surface area contributed by atoms with Gasteiger partial charge in [-0.05, 0) is 44.6 Å². The first-order chi connectivity index (χ1) is 12.5. The van der Waals surface area contributed by atoms with E-state index in [0.29, 0.717) is 10.7 Å². The molecule has 4 rings (SSSR count). The fourth-order valence-electron chi connectivity index (χ4n) is 4.32. The predicted molar refractivity (Wildman–Crippen MR) is 103 cm³/mol. The number of hydrogen-bond donors (Lipinski definition) is 1. The van der Waals surface area contributed by atoms with E-state index in [4.69, 9.17) is 16.3 Å². The van der Waals surface area contributed by atoms with Crippen LogP contribution in [0.4, 0.5) is 10.1 Å². The Hall–Kier alpha value is -1.62. The fourth-order valence-corrected chi connectivity index (χ4v) is 4.53. The molecule has 1 fully saturated rings. The van der Waals surface area contributed by atoms with Crippen molar-refractivity contribution in [2.45, 2.75) is 31.1 Å². The summed E-state index contributed by atoms with van der Waals surface area (Å²) in [5.74, 6) is -0.0635. The number of halogens is 2.